The third kappa shape index (κ3) is 4.35. The van der Waals surface area contributed by atoms with Crippen molar-refractivity contribution in [3.05, 3.63) is 29.8 Å². The molecule has 1 aromatic carbocycles. The molecule has 0 saturated carbocycles. The topological polar surface area (TPSA) is 55.6 Å². The number of amides is 1. The molecule has 0 spiro atoms. The zero-order chi connectivity index (χ0) is 14.8. The molecule has 5 heteroatoms. The number of benzene rings is 1. The molecule has 1 heterocycles. The third-order valence-electron chi connectivity index (χ3n) is 3.82. The van der Waals surface area contributed by atoms with Crippen LogP contribution < -0.4 is 10.5 Å². The van der Waals surface area contributed by atoms with Crippen LogP contribution in [0.3, 0.4) is 0 Å². The number of nitrogens with zero attached hydrogens (tertiary/aromatic N) is 1. The SMILES string of the molecule is CN(CC(C)(C)CN)C(=O)C1COc2ccccc2C1.Cl. The Morgan fingerprint density at radius 2 is 2.10 bits per heavy atom. The van der Waals surface area contributed by atoms with Crippen molar-refractivity contribution in [2.75, 3.05) is 26.7 Å². The molecular formula is C16H25ClN2O2. The van der Waals surface area contributed by atoms with E-state index in [9.17, 15) is 4.79 Å². The maximum Gasteiger partial charge on any atom is 0.229 e. The third-order valence-corrected chi connectivity index (χ3v) is 3.82. The molecule has 1 unspecified atom stereocenters. The van der Waals surface area contributed by atoms with Gasteiger partial charge in [-0.05, 0) is 30.0 Å². The van der Waals surface area contributed by atoms with Crippen LogP contribution in [0.5, 0.6) is 5.75 Å². The Morgan fingerprint density at radius 3 is 2.76 bits per heavy atom. The van der Waals surface area contributed by atoms with Crippen LogP contribution in [0.1, 0.15) is 19.4 Å². The van der Waals surface area contributed by atoms with Crippen molar-refractivity contribution in [2.24, 2.45) is 17.1 Å². The van der Waals surface area contributed by atoms with Crippen LogP contribution in [0.2, 0.25) is 0 Å². The van der Waals surface area contributed by atoms with Crippen molar-refractivity contribution in [3.63, 3.8) is 0 Å². The summed E-state index contributed by atoms with van der Waals surface area (Å²) < 4.78 is 5.69. The fourth-order valence-corrected chi connectivity index (χ4v) is 2.58. The van der Waals surface area contributed by atoms with Crippen molar-refractivity contribution in [3.8, 4) is 5.75 Å². The highest BCUT2D eigenvalue weighted by Crippen LogP contribution is 2.28. The molecule has 0 fully saturated rings. The zero-order valence-corrected chi connectivity index (χ0v) is 13.8. The molecule has 0 bridgehead atoms. The van der Waals surface area contributed by atoms with Crippen LogP contribution in [0.15, 0.2) is 24.3 Å². The Hall–Kier alpha value is -1.26. The number of hydrogen-bond donors (Lipinski definition) is 1. The quantitative estimate of drug-likeness (QED) is 0.926. The van der Waals surface area contributed by atoms with E-state index >= 15 is 0 Å². The van der Waals surface area contributed by atoms with E-state index in [1.54, 1.807) is 4.90 Å². The number of hydrogen-bond acceptors (Lipinski definition) is 3. The lowest BCUT2D eigenvalue weighted by molar-refractivity contribution is -0.136. The molecule has 0 saturated heterocycles. The maximum atomic E-state index is 12.5. The number of carbonyl (C=O) groups excluding carboxylic acids is 1. The number of fused-ring (bicyclic) bond motifs is 1. The number of para-hydroxylation sites is 1. The van der Waals surface area contributed by atoms with Crippen molar-refractivity contribution >= 4 is 18.3 Å². The summed E-state index contributed by atoms with van der Waals surface area (Å²) >= 11 is 0. The molecule has 118 valence electrons. The van der Waals surface area contributed by atoms with Gasteiger partial charge in [0.05, 0.1) is 5.92 Å². The van der Waals surface area contributed by atoms with Crippen molar-refractivity contribution in [2.45, 2.75) is 20.3 Å². The van der Waals surface area contributed by atoms with Gasteiger partial charge < -0.3 is 15.4 Å². The molecule has 4 nitrogen and oxygen atoms in total. The Balaban J connectivity index is 0.00000220. The molecule has 0 aliphatic carbocycles. The lowest BCUT2D eigenvalue weighted by atomic mass is 9.91. The van der Waals surface area contributed by atoms with Crippen molar-refractivity contribution in [1.82, 2.24) is 4.90 Å². The Morgan fingerprint density at radius 1 is 1.43 bits per heavy atom. The van der Waals surface area contributed by atoms with Gasteiger partial charge >= 0.3 is 0 Å². The molecule has 0 radical (unpaired) electrons. The van der Waals surface area contributed by atoms with Gasteiger partial charge in [0, 0.05) is 13.6 Å². The Labute approximate surface area is 133 Å². The van der Waals surface area contributed by atoms with E-state index < -0.39 is 0 Å². The molecule has 2 rings (SSSR count). The Bertz CT molecular complexity index is 491. The second kappa shape index (κ2) is 7.14. The first-order valence-electron chi connectivity index (χ1n) is 7.09. The van der Waals surface area contributed by atoms with Gasteiger partial charge in [0.1, 0.15) is 12.4 Å². The van der Waals surface area contributed by atoms with Crippen LogP contribution in [0, 0.1) is 11.3 Å². The van der Waals surface area contributed by atoms with E-state index in [-0.39, 0.29) is 29.6 Å². The summed E-state index contributed by atoms with van der Waals surface area (Å²) in [7, 11) is 1.85. The van der Waals surface area contributed by atoms with E-state index in [2.05, 4.69) is 13.8 Å². The average Bonchev–Trinajstić information content (AvgIpc) is 2.45. The highest BCUT2D eigenvalue weighted by molar-refractivity contribution is 5.85. The summed E-state index contributed by atoms with van der Waals surface area (Å²) in [6.45, 7) is 5.84. The minimum Gasteiger partial charge on any atom is -0.492 e. The van der Waals surface area contributed by atoms with E-state index in [4.69, 9.17) is 10.5 Å². The second-order valence-electron chi connectivity index (χ2n) is 6.38. The highest BCUT2D eigenvalue weighted by atomic mass is 35.5. The first-order chi connectivity index (χ1) is 9.43. The smallest absolute Gasteiger partial charge is 0.229 e. The summed E-state index contributed by atoms with van der Waals surface area (Å²) in [4.78, 5) is 14.3. The molecule has 1 aliphatic heterocycles. The highest BCUT2D eigenvalue weighted by Gasteiger charge is 2.30. The van der Waals surface area contributed by atoms with Crippen molar-refractivity contribution in [1.29, 1.82) is 0 Å². The van der Waals surface area contributed by atoms with Crippen LogP contribution in [0.25, 0.3) is 0 Å². The minimum atomic E-state index is -0.0940. The van der Waals surface area contributed by atoms with Gasteiger partial charge in [-0.3, -0.25) is 4.79 Å². The predicted molar refractivity (Wildman–Crippen MR) is 86.9 cm³/mol. The predicted octanol–water partition coefficient (Wildman–Crippen LogP) is 2.10. The first kappa shape index (κ1) is 17.8. The van der Waals surface area contributed by atoms with E-state index in [1.165, 1.54) is 0 Å². The number of nitrogens with two attached hydrogens (primary N) is 1. The summed E-state index contributed by atoms with van der Waals surface area (Å²) in [5.74, 6) is 0.950. The van der Waals surface area contributed by atoms with E-state index in [0.717, 1.165) is 17.7 Å². The van der Waals surface area contributed by atoms with Gasteiger partial charge in [0.25, 0.3) is 0 Å². The van der Waals surface area contributed by atoms with Crippen LogP contribution in [0.4, 0.5) is 0 Å². The molecule has 2 N–H and O–H groups in total. The second-order valence-corrected chi connectivity index (χ2v) is 6.38. The van der Waals surface area contributed by atoms with Crippen LogP contribution in [-0.4, -0.2) is 37.6 Å². The summed E-state index contributed by atoms with van der Waals surface area (Å²) in [6.07, 6.45) is 0.752. The number of ether oxygens (including phenoxy) is 1. The number of rotatable bonds is 4. The normalized spacial score (nSPS) is 17.2. The van der Waals surface area contributed by atoms with Gasteiger partial charge in [-0.25, -0.2) is 0 Å². The standard InChI is InChI=1S/C16H24N2O2.ClH/c1-16(2,10-17)11-18(3)15(19)13-8-12-6-4-5-7-14(12)20-9-13;/h4-7,13H,8-11,17H2,1-3H3;1H. The molecule has 0 aromatic heterocycles. The van der Waals surface area contributed by atoms with Crippen molar-refractivity contribution < 1.29 is 9.53 Å². The molecular weight excluding hydrogens is 288 g/mol. The lowest BCUT2D eigenvalue weighted by Gasteiger charge is -2.33. The fraction of sp³-hybridized carbons (Fsp3) is 0.562. The number of carbonyl (C=O) groups is 1. The zero-order valence-electron chi connectivity index (χ0n) is 13.0. The largest absolute Gasteiger partial charge is 0.492 e. The van der Waals surface area contributed by atoms with Crippen LogP contribution >= 0.6 is 12.4 Å². The van der Waals surface area contributed by atoms with E-state index in [1.807, 2.05) is 31.3 Å². The minimum absolute atomic E-state index is 0. The average molecular weight is 313 g/mol. The van der Waals surface area contributed by atoms with Gasteiger partial charge in [0.15, 0.2) is 0 Å². The Kier molecular flexibility index (Phi) is 6.05. The molecule has 1 amide bonds. The maximum absolute atomic E-state index is 12.5. The lowest BCUT2D eigenvalue weighted by Crippen LogP contribution is -2.44. The van der Waals surface area contributed by atoms with Gasteiger partial charge in [0.2, 0.25) is 5.91 Å². The summed E-state index contributed by atoms with van der Waals surface area (Å²) in [6, 6.07) is 7.92. The monoisotopic (exact) mass is 312 g/mol. The first-order valence-corrected chi connectivity index (χ1v) is 7.09. The van der Waals surface area contributed by atoms with Gasteiger partial charge in [-0.1, -0.05) is 32.0 Å². The molecule has 1 atom stereocenters. The molecule has 1 aromatic rings. The van der Waals surface area contributed by atoms with Crippen LogP contribution in [-0.2, 0) is 11.2 Å². The summed E-state index contributed by atoms with van der Waals surface area (Å²) in [5, 5.41) is 0. The van der Waals surface area contributed by atoms with Gasteiger partial charge in [-0.15, -0.1) is 12.4 Å². The van der Waals surface area contributed by atoms with Gasteiger partial charge in [-0.2, -0.15) is 0 Å². The summed E-state index contributed by atoms with van der Waals surface area (Å²) in [5.41, 5.74) is 6.79. The molecule has 21 heavy (non-hydrogen) atoms. The number of halogens is 1. The molecule has 1 aliphatic rings. The fourth-order valence-electron chi connectivity index (χ4n) is 2.58. The van der Waals surface area contributed by atoms with E-state index in [0.29, 0.717) is 19.7 Å².